The van der Waals surface area contributed by atoms with E-state index in [9.17, 15) is 27.3 Å². The first-order valence-electron chi connectivity index (χ1n) is 9.48. The third-order valence-electron chi connectivity index (χ3n) is 4.35. The smallest absolute Gasteiger partial charge is 0.387 e. The molecule has 0 aliphatic heterocycles. The number of nitro groups is 1. The van der Waals surface area contributed by atoms with Gasteiger partial charge in [0.05, 0.1) is 28.8 Å². The van der Waals surface area contributed by atoms with Crippen molar-refractivity contribution in [3.05, 3.63) is 82.4 Å². The molecule has 0 atom stereocenters. The van der Waals surface area contributed by atoms with E-state index >= 15 is 0 Å². The first kappa shape index (κ1) is 24.4. The molecule has 2 N–H and O–H groups in total. The largest absolute Gasteiger partial charge is 0.495 e. The molecule has 10 nitrogen and oxygen atoms in total. The number of benzene rings is 3. The number of nitrogens with one attached hydrogen (secondary N) is 2. The van der Waals surface area contributed by atoms with Crippen molar-refractivity contribution in [2.45, 2.75) is 11.5 Å². The van der Waals surface area contributed by atoms with Gasteiger partial charge in [-0.1, -0.05) is 24.3 Å². The van der Waals surface area contributed by atoms with Crippen molar-refractivity contribution in [2.24, 2.45) is 5.10 Å². The lowest BCUT2D eigenvalue weighted by Gasteiger charge is -2.12. The second-order valence-electron chi connectivity index (χ2n) is 6.53. The molecule has 3 aromatic rings. The van der Waals surface area contributed by atoms with Crippen molar-refractivity contribution in [2.75, 3.05) is 17.3 Å². The summed E-state index contributed by atoms with van der Waals surface area (Å²) in [7, 11) is -2.82. The van der Waals surface area contributed by atoms with Crippen molar-refractivity contribution in [3.63, 3.8) is 0 Å². The monoisotopic (exact) mass is 492 g/mol. The van der Waals surface area contributed by atoms with Gasteiger partial charge in [0.25, 0.3) is 15.7 Å². The minimum Gasteiger partial charge on any atom is -0.495 e. The molecule has 0 saturated carbocycles. The lowest BCUT2D eigenvalue weighted by molar-refractivity contribution is -0.384. The standard InChI is InChI=1S/C21H18F2N4O6S/c1-32-20-9-5-3-7-17(20)26-34(30,31)15-10-11-16(18(12-15)27(28)29)25-24-13-14-6-2-4-8-19(14)33-21(22)23/h2-13,21,25-26H,1H3/b24-13-. The Bertz CT molecular complexity index is 1320. The first-order chi connectivity index (χ1) is 16.2. The van der Waals surface area contributed by atoms with Gasteiger partial charge in [-0.2, -0.15) is 13.9 Å². The van der Waals surface area contributed by atoms with Crippen molar-refractivity contribution in [3.8, 4) is 11.5 Å². The first-order valence-corrected chi connectivity index (χ1v) is 11.0. The number of ether oxygens (including phenoxy) is 2. The van der Waals surface area contributed by atoms with Gasteiger partial charge in [-0.15, -0.1) is 0 Å². The summed E-state index contributed by atoms with van der Waals surface area (Å²) in [5.74, 6) is 0.130. The van der Waals surface area contributed by atoms with Crippen LogP contribution < -0.4 is 19.6 Å². The second kappa shape index (κ2) is 10.6. The molecule has 0 amide bonds. The van der Waals surface area contributed by atoms with Crippen molar-refractivity contribution >= 4 is 33.3 Å². The van der Waals surface area contributed by atoms with E-state index in [4.69, 9.17) is 4.74 Å². The van der Waals surface area contributed by atoms with Crippen LogP contribution in [0.5, 0.6) is 11.5 Å². The van der Waals surface area contributed by atoms with Crippen LogP contribution in [0.2, 0.25) is 0 Å². The number of nitrogens with zero attached hydrogens (tertiary/aromatic N) is 2. The molecule has 178 valence electrons. The summed E-state index contributed by atoms with van der Waals surface area (Å²) in [4.78, 5) is 10.4. The van der Waals surface area contributed by atoms with E-state index in [-0.39, 0.29) is 33.3 Å². The van der Waals surface area contributed by atoms with Crippen LogP contribution in [0, 0.1) is 10.1 Å². The van der Waals surface area contributed by atoms with Gasteiger partial charge in [0.2, 0.25) is 0 Å². The summed E-state index contributed by atoms with van der Waals surface area (Å²) in [6, 6.07) is 15.3. The highest BCUT2D eigenvalue weighted by Crippen LogP contribution is 2.31. The summed E-state index contributed by atoms with van der Waals surface area (Å²) >= 11 is 0. The van der Waals surface area contributed by atoms with Crippen LogP contribution in [-0.2, 0) is 10.0 Å². The molecule has 0 saturated heterocycles. The zero-order chi connectivity index (χ0) is 24.7. The zero-order valence-corrected chi connectivity index (χ0v) is 18.3. The third kappa shape index (κ3) is 5.95. The van der Waals surface area contributed by atoms with Crippen LogP contribution in [-0.4, -0.2) is 33.3 Å². The third-order valence-corrected chi connectivity index (χ3v) is 5.71. The fourth-order valence-electron chi connectivity index (χ4n) is 2.82. The molecule has 0 aliphatic carbocycles. The second-order valence-corrected chi connectivity index (χ2v) is 8.21. The van der Waals surface area contributed by atoms with Gasteiger partial charge in [-0.25, -0.2) is 8.42 Å². The van der Waals surface area contributed by atoms with E-state index in [1.807, 2.05) is 0 Å². The Balaban J connectivity index is 1.85. The Kier molecular flexibility index (Phi) is 7.58. The number of sulfonamides is 1. The minimum atomic E-state index is -4.19. The number of hydrogen-bond acceptors (Lipinski definition) is 8. The zero-order valence-electron chi connectivity index (χ0n) is 17.5. The van der Waals surface area contributed by atoms with Crippen LogP contribution in [0.4, 0.5) is 25.8 Å². The van der Waals surface area contributed by atoms with E-state index < -0.39 is 27.2 Å². The molecule has 0 fully saturated rings. The highest BCUT2D eigenvalue weighted by molar-refractivity contribution is 7.92. The fourth-order valence-corrected chi connectivity index (χ4v) is 3.91. The number of para-hydroxylation sites is 3. The van der Waals surface area contributed by atoms with E-state index in [0.29, 0.717) is 0 Å². The molecule has 0 heterocycles. The minimum absolute atomic E-state index is 0.121. The predicted molar refractivity (Wildman–Crippen MR) is 121 cm³/mol. The van der Waals surface area contributed by atoms with Crippen LogP contribution in [0.25, 0.3) is 0 Å². The Morgan fingerprint density at radius 2 is 1.71 bits per heavy atom. The summed E-state index contributed by atoms with van der Waals surface area (Å²) in [6.45, 7) is -3.04. The summed E-state index contributed by atoms with van der Waals surface area (Å²) < 4.78 is 62.4. The van der Waals surface area contributed by atoms with Crippen molar-refractivity contribution in [1.29, 1.82) is 0 Å². The quantitative estimate of drug-likeness (QED) is 0.243. The number of rotatable bonds is 10. The van der Waals surface area contributed by atoms with Crippen molar-refractivity contribution < 1.29 is 31.6 Å². The number of hydrogen-bond donors (Lipinski definition) is 2. The number of methoxy groups -OCH3 is 1. The highest BCUT2D eigenvalue weighted by atomic mass is 32.2. The highest BCUT2D eigenvalue weighted by Gasteiger charge is 2.22. The van der Waals surface area contributed by atoms with E-state index in [2.05, 4.69) is 20.0 Å². The Morgan fingerprint density at radius 1 is 1.03 bits per heavy atom. The predicted octanol–water partition coefficient (Wildman–Crippen LogP) is 4.45. The van der Waals surface area contributed by atoms with E-state index in [1.54, 1.807) is 24.3 Å². The Hall–Kier alpha value is -4.26. The number of anilines is 2. The fraction of sp³-hybridized carbons (Fsp3) is 0.0952. The molecular weight excluding hydrogens is 474 g/mol. The number of nitro benzene ring substituents is 1. The SMILES string of the molecule is COc1ccccc1NS(=O)(=O)c1ccc(N/N=C\c2ccccc2OC(F)F)c([N+](=O)[O-])c1. The van der Waals surface area contributed by atoms with Crippen LogP contribution >= 0.6 is 0 Å². The van der Waals surface area contributed by atoms with Gasteiger partial charge in [-0.05, 0) is 36.4 Å². The maximum absolute atomic E-state index is 12.8. The van der Waals surface area contributed by atoms with Gasteiger partial charge in [0.1, 0.15) is 17.2 Å². The maximum Gasteiger partial charge on any atom is 0.387 e. The van der Waals surface area contributed by atoms with Gasteiger partial charge in [-0.3, -0.25) is 20.3 Å². The Labute approximate surface area is 193 Å². The molecule has 13 heteroatoms. The van der Waals surface area contributed by atoms with E-state index in [0.717, 1.165) is 24.4 Å². The molecule has 34 heavy (non-hydrogen) atoms. The Morgan fingerprint density at radius 3 is 2.38 bits per heavy atom. The molecule has 3 rings (SSSR count). The normalized spacial score (nSPS) is 11.4. The molecule has 0 bridgehead atoms. The topological polar surface area (TPSA) is 132 Å². The molecule has 0 aliphatic rings. The van der Waals surface area contributed by atoms with Crippen LogP contribution in [0.3, 0.4) is 0 Å². The number of halogens is 2. The maximum atomic E-state index is 12.8. The van der Waals surface area contributed by atoms with Gasteiger partial charge < -0.3 is 9.47 Å². The average Bonchev–Trinajstić information content (AvgIpc) is 2.80. The van der Waals surface area contributed by atoms with Crippen molar-refractivity contribution in [1.82, 2.24) is 0 Å². The van der Waals surface area contributed by atoms with Gasteiger partial charge in [0.15, 0.2) is 0 Å². The lowest BCUT2D eigenvalue weighted by Crippen LogP contribution is -2.14. The average molecular weight is 492 g/mol. The summed E-state index contributed by atoms with van der Waals surface area (Å²) in [6.07, 6.45) is 1.13. The van der Waals surface area contributed by atoms with Gasteiger partial charge in [0, 0.05) is 11.6 Å². The molecular formula is C21H18F2N4O6S. The van der Waals surface area contributed by atoms with Crippen LogP contribution in [0.15, 0.2) is 76.7 Å². The molecule has 0 unspecified atom stereocenters. The van der Waals surface area contributed by atoms with Gasteiger partial charge >= 0.3 is 6.61 Å². The number of hydrazone groups is 1. The molecule has 0 aromatic heterocycles. The lowest BCUT2D eigenvalue weighted by atomic mass is 10.2. The van der Waals surface area contributed by atoms with E-state index in [1.165, 1.54) is 31.4 Å². The molecule has 0 radical (unpaired) electrons. The summed E-state index contributed by atoms with van der Waals surface area (Å²) in [5.41, 5.74) is 2.08. The summed E-state index contributed by atoms with van der Waals surface area (Å²) in [5, 5.41) is 15.4. The molecule has 3 aromatic carbocycles. The van der Waals surface area contributed by atoms with Crippen LogP contribution in [0.1, 0.15) is 5.56 Å². The number of alkyl halides is 2. The molecule has 0 spiro atoms.